The molecule has 1 aromatic carbocycles. The van der Waals surface area contributed by atoms with E-state index < -0.39 is 0 Å². The van der Waals surface area contributed by atoms with Crippen molar-refractivity contribution in [2.45, 2.75) is 6.42 Å². The molecule has 0 radical (unpaired) electrons. The van der Waals surface area contributed by atoms with Gasteiger partial charge in [-0.3, -0.25) is 0 Å². The van der Waals surface area contributed by atoms with Gasteiger partial charge in [0.15, 0.2) is 0 Å². The topological polar surface area (TPSA) is 53.6 Å². The van der Waals surface area contributed by atoms with E-state index in [0.29, 0.717) is 13.0 Å². The molecule has 0 aliphatic rings. The maximum atomic E-state index is 8.39. The molecule has 0 bridgehead atoms. The van der Waals surface area contributed by atoms with Gasteiger partial charge < -0.3 is 5.43 Å². The first-order valence-electron chi connectivity index (χ1n) is 4.45. The van der Waals surface area contributed by atoms with Crippen molar-refractivity contribution in [3.05, 3.63) is 30.5 Å². The van der Waals surface area contributed by atoms with Crippen LogP contribution in [0.25, 0.3) is 10.9 Å². The second-order valence-electron chi connectivity index (χ2n) is 2.93. The maximum absolute atomic E-state index is 8.39. The van der Waals surface area contributed by atoms with Crippen LogP contribution in [0, 0.1) is 11.3 Å². The van der Waals surface area contributed by atoms with Gasteiger partial charge in [-0.15, -0.1) is 0 Å². The van der Waals surface area contributed by atoms with Gasteiger partial charge in [0.05, 0.1) is 24.2 Å². The van der Waals surface area contributed by atoms with Crippen molar-refractivity contribution in [2.24, 2.45) is 0 Å². The van der Waals surface area contributed by atoms with Crippen LogP contribution in [-0.2, 0) is 0 Å². The molecule has 14 heavy (non-hydrogen) atoms. The number of fused-ring (bicyclic) bond motifs is 1. The van der Waals surface area contributed by atoms with Crippen LogP contribution in [0.5, 0.6) is 0 Å². The third kappa shape index (κ3) is 1.52. The van der Waals surface area contributed by atoms with Gasteiger partial charge in [-0.1, -0.05) is 18.2 Å². The van der Waals surface area contributed by atoms with E-state index in [1.54, 1.807) is 11.0 Å². The van der Waals surface area contributed by atoms with Crippen LogP contribution in [0.2, 0.25) is 0 Å². The minimum absolute atomic E-state index is 0.480. The lowest BCUT2D eigenvalue weighted by molar-refractivity contribution is 0.756. The molecular weight excluding hydrogens is 176 g/mol. The highest BCUT2D eigenvalue weighted by Gasteiger charge is 1.98. The molecule has 0 unspecified atom stereocenters. The number of hydrogen-bond acceptors (Lipinski definition) is 3. The molecule has 4 heteroatoms. The van der Waals surface area contributed by atoms with Crippen LogP contribution >= 0.6 is 0 Å². The summed E-state index contributed by atoms with van der Waals surface area (Å²) in [6.45, 7) is 0.613. The van der Waals surface area contributed by atoms with Gasteiger partial charge in [-0.05, 0) is 6.07 Å². The molecule has 1 aromatic heterocycles. The van der Waals surface area contributed by atoms with E-state index in [-0.39, 0.29) is 0 Å². The second-order valence-corrected chi connectivity index (χ2v) is 2.93. The molecule has 0 spiro atoms. The summed E-state index contributed by atoms with van der Waals surface area (Å²) in [7, 11) is 0. The largest absolute Gasteiger partial charge is 0.308 e. The van der Waals surface area contributed by atoms with Gasteiger partial charge >= 0.3 is 0 Å². The molecule has 0 aliphatic carbocycles. The summed E-state index contributed by atoms with van der Waals surface area (Å²) in [5, 5.41) is 13.6. The summed E-state index contributed by atoms with van der Waals surface area (Å²) < 4.78 is 0. The van der Waals surface area contributed by atoms with E-state index >= 15 is 0 Å². The van der Waals surface area contributed by atoms with Crippen LogP contribution in [0.4, 0.5) is 0 Å². The molecule has 0 amide bonds. The average molecular weight is 186 g/mol. The number of hydrogen-bond donors (Lipinski definition) is 1. The standard InChI is InChI=1S/C10H10N4/c11-6-3-7-12-14-10-5-2-1-4-9(10)8-13-14/h1-2,4-5,8,12H,3,7H2. The fourth-order valence-electron chi connectivity index (χ4n) is 1.32. The van der Waals surface area contributed by atoms with Crippen LogP contribution < -0.4 is 5.43 Å². The zero-order valence-electron chi connectivity index (χ0n) is 7.64. The Morgan fingerprint density at radius 1 is 1.43 bits per heavy atom. The number of nitriles is 1. The number of aromatic nitrogens is 2. The Morgan fingerprint density at radius 3 is 3.14 bits per heavy atom. The van der Waals surface area contributed by atoms with Gasteiger partial charge in [0.2, 0.25) is 0 Å². The van der Waals surface area contributed by atoms with Gasteiger partial charge in [0.1, 0.15) is 0 Å². The Hall–Kier alpha value is -2.02. The maximum Gasteiger partial charge on any atom is 0.0918 e. The third-order valence-electron chi connectivity index (χ3n) is 1.98. The number of benzene rings is 1. The highest BCUT2D eigenvalue weighted by molar-refractivity contribution is 5.78. The normalized spacial score (nSPS) is 9.93. The fourth-order valence-corrected chi connectivity index (χ4v) is 1.32. The molecule has 0 saturated heterocycles. The monoisotopic (exact) mass is 186 g/mol. The van der Waals surface area contributed by atoms with E-state index in [1.807, 2.05) is 24.3 Å². The van der Waals surface area contributed by atoms with Crippen molar-refractivity contribution in [1.29, 1.82) is 5.26 Å². The first-order valence-corrected chi connectivity index (χ1v) is 4.45. The van der Waals surface area contributed by atoms with Crippen LogP contribution in [0.1, 0.15) is 6.42 Å². The quantitative estimate of drug-likeness (QED) is 0.739. The van der Waals surface area contributed by atoms with Crippen molar-refractivity contribution in [3.8, 4) is 6.07 Å². The van der Waals surface area contributed by atoms with Gasteiger partial charge in [0, 0.05) is 11.9 Å². The van der Waals surface area contributed by atoms with Crippen molar-refractivity contribution < 1.29 is 0 Å². The summed E-state index contributed by atoms with van der Waals surface area (Å²) in [5.41, 5.74) is 4.08. The van der Waals surface area contributed by atoms with E-state index in [2.05, 4.69) is 16.6 Å². The average Bonchev–Trinajstić information content (AvgIpc) is 2.63. The number of rotatable bonds is 3. The van der Waals surface area contributed by atoms with Crippen molar-refractivity contribution in [1.82, 2.24) is 9.89 Å². The Kier molecular flexibility index (Phi) is 2.32. The first-order chi connectivity index (χ1) is 6.92. The minimum Gasteiger partial charge on any atom is -0.308 e. The first kappa shape index (κ1) is 8.57. The van der Waals surface area contributed by atoms with Crippen LogP contribution in [0.15, 0.2) is 30.5 Å². The van der Waals surface area contributed by atoms with Crippen molar-refractivity contribution in [3.63, 3.8) is 0 Å². The van der Waals surface area contributed by atoms with Gasteiger partial charge in [-0.2, -0.15) is 15.2 Å². The second kappa shape index (κ2) is 3.79. The highest BCUT2D eigenvalue weighted by atomic mass is 15.5. The number of para-hydroxylation sites is 1. The number of nitrogens with zero attached hydrogens (tertiary/aromatic N) is 3. The summed E-state index contributed by atoms with van der Waals surface area (Å²) in [4.78, 5) is 1.70. The lowest BCUT2D eigenvalue weighted by Crippen LogP contribution is -2.16. The molecule has 70 valence electrons. The van der Waals surface area contributed by atoms with Crippen LogP contribution in [-0.4, -0.2) is 16.4 Å². The van der Waals surface area contributed by atoms with E-state index in [0.717, 1.165) is 10.9 Å². The molecule has 1 heterocycles. The molecular formula is C10H10N4. The van der Waals surface area contributed by atoms with Crippen molar-refractivity contribution >= 4 is 10.9 Å². The molecule has 2 aromatic rings. The summed E-state index contributed by atoms with van der Waals surface area (Å²) in [6, 6.07) is 10.0. The van der Waals surface area contributed by atoms with E-state index in [9.17, 15) is 0 Å². The molecule has 0 saturated carbocycles. The zero-order chi connectivity index (χ0) is 9.80. The van der Waals surface area contributed by atoms with E-state index in [4.69, 9.17) is 5.26 Å². The highest BCUT2D eigenvalue weighted by Crippen LogP contribution is 2.10. The summed E-state index contributed by atoms with van der Waals surface area (Å²) in [5.74, 6) is 0. The lowest BCUT2D eigenvalue weighted by Gasteiger charge is -2.04. The summed E-state index contributed by atoms with van der Waals surface area (Å²) >= 11 is 0. The molecule has 2 rings (SSSR count). The third-order valence-corrected chi connectivity index (χ3v) is 1.98. The minimum atomic E-state index is 0.480. The fraction of sp³-hybridized carbons (Fsp3) is 0.200. The molecule has 0 atom stereocenters. The molecule has 1 N–H and O–H groups in total. The predicted molar refractivity (Wildman–Crippen MR) is 54.2 cm³/mol. The Bertz CT molecular complexity index is 466. The Balaban J connectivity index is 2.22. The Morgan fingerprint density at radius 2 is 2.29 bits per heavy atom. The molecule has 4 nitrogen and oxygen atoms in total. The SMILES string of the molecule is N#CCCNn1ncc2ccccc21. The zero-order valence-corrected chi connectivity index (χ0v) is 7.64. The lowest BCUT2D eigenvalue weighted by atomic mass is 10.3. The van der Waals surface area contributed by atoms with Crippen molar-refractivity contribution in [2.75, 3.05) is 12.0 Å². The van der Waals surface area contributed by atoms with Gasteiger partial charge in [-0.25, -0.2) is 0 Å². The van der Waals surface area contributed by atoms with E-state index in [1.165, 1.54) is 0 Å². The Labute approximate surface area is 81.7 Å². The number of nitrogens with one attached hydrogen (secondary N) is 1. The predicted octanol–water partition coefficient (Wildman–Crippen LogP) is 1.49. The summed E-state index contributed by atoms with van der Waals surface area (Å²) in [6.07, 6.45) is 2.28. The van der Waals surface area contributed by atoms with Gasteiger partial charge in [0.25, 0.3) is 0 Å². The molecule has 0 aliphatic heterocycles. The smallest absolute Gasteiger partial charge is 0.0918 e. The molecule has 0 fully saturated rings. The van der Waals surface area contributed by atoms with Crippen LogP contribution in [0.3, 0.4) is 0 Å².